The van der Waals surface area contributed by atoms with Gasteiger partial charge in [0.05, 0.1) is 16.9 Å². The van der Waals surface area contributed by atoms with Crippen LogP contribution in [0, 0.1) is 5.92 Å². The van der Waals surface area contributed by atoms with Gasteiger partial charge >= 0.3 is 5.97 Å². The second kappa shape index (κ2) is 4.77. The minimum Gasteiger partial charge on any atom is -0.481 e. The van der Waals surface area contributed by atoms with Gasteiger partial charge in [0.2, 0.25) is 0 Å². The first-order chi connectivity index (χ1) is 6.19. The lowest BCUT2D eigenvalue weighted by Crippen LogP contribution is -2.33. The third-order valence-electron chi connectivity index (χ3n) is 2.48. The quantitative estimate of drug-likeness (QED) is 0.761. The largest absolute Gasteiger partial charge is 0.481 e. The summed E-state index contributed by atoms with van der Waals surface area (Å²) in [6.45, 7) is 6.70. The molecule has 0 fully saturated rings. The van der Waals surface area contributed by atoms with Crippen molar-refractivity contribution < 1.29 is 18.3 Å². The molecule has 0 radical (unpaired) electrons. The smallest absolute Gasteiger partial charge is 0.304 e. The number of sulfone groups is 1. The Balaban J connectivity index is 4.70. The SMILES string of the molecule is CC(C)C(C)S(=O)(=O)C(C)CC(=O)O. The summed E-state index contributed by atoms with van der Waals surface area (Å²) in [6.07, 6.45) is -0.320. The topological polar surface area (TPSA) is 71.4 Å². The fourth-order valence-electron chi connectivity index (χ4n) is 1.11. The molecule has 84 valence electrons. The van der Waals surface area contributed by atoms with E-state index in [0.29, 0.717) is 0 Å². The molecule has 4 nitrogen and oxygen atoms in total. The molecule has 0 aliphatic rings. The average Bonchev–Trinajstić information content (AvgIpc) is 2.01. The number of hydrogen-bond acceptors (Lipinski definition) is 3. The Bertz CT molecular complexity index is 292. The molecule has 0 aromatic rings. The molecule has 0 heterocycles. The summed E-state index contributed by atoms with van der Waals surface area (Å²) in [5.74, 6) is -1.06. The van der Waals surface area contributed by atoms with Crippen LogP contribution >= 0.6 is 0 Å². The number of aliphatic carboxylic acids is 1. The van der Waals surface area contributed by atoms with Gasteiger partial charge in [0, 0.05) is 0 Å². The van der Waals surface area contributed by atoms with Gasteiger partial charge in [0.15, 0.2) is 9.84 Å². The zero-order valence-electron chi connectivity index (χ0n) is 9.02. The summed E-state index contributed by atoms with van der Waals surface area (Å²) in [4.78, 5) is 10.4. The van der Waals surface area contributed by atoms with Gasteiger partial charge in [-0.2, -0.15) is 0 Å². The molecule has 0 amide bonds. The lowest BCUT2D eigenvalue weighted by Gasteiger charge is -2.20. The Morgan fingerprint density at radius 3 is 1.93 bits per heavy atom. The molecule has 14 heavy (non-hydrogen) atoms. The first-order valence-electron chi connectivity index (χ1n) is 4.64. The van der Waals surface area contributed by atoms with Gasteiger partial charge in [-0.15, -0.1) is 0 Å². The Kier molecular flexibility index (Phi) is 4.58. The van der Waals surface area contributed by atoms with Gasteiger partial charge in [-0.3, -0.25) is 4.79 Å². The predicted octanol–water partition coefficient (Wildman–Crippen LogP) is 1.31. The number of hydrogen-bond donors (Lipinski definition) is 1. The van der Waals surface area contributed by atoms with Crippen LogP contribution in [0.25, 0.3) is 0 Å². The molecule has 0 saturated carbocycles. The molecule has 0 saturated heterocycles. The van der Waals surface area contributed by atoms with Crippen molar-refractivity contribution in [1.29, 1.82) is 0 Å². The summed E-state index contributed by atoms with van der Waals surface area (Å²) in [5, 5.41) is 7.21. The number of carbonyl (C=O) groups is 1. The molecule has 1 N–H and O–H groups in total. The third-order valence-corrected chi connectivity index (χ3v) is 5.35. The normalized spacial score (nSPS) is 16.6. The zero-order valence-corrected chi connectivity index (χ0v) is 9.84. The van der Waals surface area contributed by atoms with E-state index in [4.69, 9.17) is 5.11 Å². The Morgan fingerprint density at radius 2 is 1.64 bits per heavy atom. The molecule has 0 bridgehead atoms. The van der Waals surface area contributed by atoms with Gasteiger partial charge in [0.25, 0.3) is 0 Å². The lowest BCUT2D eigenvalue weighted by molar-refractivity contribution is -0.136. The summed E-state index contributed by atoms with van der Waals surface area (Å²) in [7, 11) is -3.31. The molecule has 0 spiro atoms. The molecular formula is C9H18O4S. The average molecular weight is 222 g/mol. The molecule has 0 aliphatic carbocycles. The summed E-state index contributed by atoms with van der Waals surface area (Å²) < 4.78 is 23.5. The Labute approximate surface area is 85.2 Å². The molecular weight excluding hydrogens is 204 g/mol. The van der Waals surface area contributed by atoms with Crippen LogP contribution in [0.5, 0.6) is 0 Å². The van der Waals surface area contributed by atoms with E-state index >= 15 is 0 Å². The molecule has 0 aromatic carbocycles. The number of carboxylic acids is 1. The maximum absolute atomic E-state index is 11.7. The van der Waals surface area contributed by atoms with Gasteiger partial charge in [-0.1, -0.05) is 13.8 Å². The first kappa shape index (κ1) is 13.4. The molecule has 2 atom stereocenters. The Morgan fingerprint density at radius 1 is 1.21 bits per heavy atom. The van der Waals surface area contributed by atoms with E-state index in [0.717, 1.165) is 0 Å². The maximum atomic E-state index is 11.7. The first-order valence-corrected chi connectivity index (χ1v) is 6.25. The second-order valence-electron chi connectivity index (χ2n) is 3.95. The van der Waals surface area contributed by atoms with E-state index in [2.05, 4.69) is 0 Å². The van der Waals surface area contributed by atoms with E-state index in [-0.39, 0.29) is 12.3 Å². The highest BCUT2D eigenvalue weighted by atomic mass is 32.2. The van der Waals surface area contributed by atoms with E-state index in [1.54, 1.807) is 6.92 Å². The van der Waals surface area contributed by atoms with Gasteiger partial charge in [-0.25, -0.2) is 8.42 Å². The highest BCUT2D eigenvalue weighted by Gasteiger charge is 2.31. The molecule has 0 rings (SSSR count). The minimum atomic E-state index is -3.31. The summed E-state index contributed by atoms with van der Waals surface area (Å²) in [5.41, 5.74) is 0. The Hall–Kier alpha value is -0.580. The fraction of sp³-hybridized carbons (Fsp3) is 0.889. The van der Waals surface area contributed by atoms with Crippen molar-refractivity contribution in [1.82, 2.24) is 0 Å². The highest BCUT2D eigenvalue weighted by Crippen LogP contribution is 2.18. The van der Waals surface area contributed by atoms with Crippen LogP contribution in [0.4, 0.5) is 0 Å². The van der Waals surface area contributed by atoms with Crippen LogP contribution in [0.1, 0.15) is 34.1 Å². The monoisotopic (exact) mass is 222 g/mol. The minimum absolute atomic E-state index is 0.0104. The van der Waals surface area contributed by atoms with Crippen molar-refractivity contribution in [3.05, 3.63) is 0 Å². The standard InChI is InChI=1S/C9H18O4S/c1-6(2)8(4)14(12,13)7(3)5-9(10)11/h6-8H,5H2,1-4H3,(H,10,11). The maximum Gasteiger partial charge on any atom is 0.304 e. The van der Waals surface area contributed by atoms with Gasteiger partial charge < -0.3 is 5.11 Å². The summed E-state index contributed by atoms with van der Waals surface area (Å²) in [6, 6.07) is 0. The lowest BCUT2D eigenvalue weighted by atomic mass is 10.2. The van der Waals surface area contributed by atoms with E-state index in [9.17, 15) is 13.2 Å². The zero-order chi connectivity index (χ0) is 11.5. The van der Waals surface area contributed by atoms with E-state index < -0.39 is 26.3 Å². The van der Waals surface area contributed by atoms with Crippen molar-refractivity contribution in [3.8, 4) is 0 Å². The molecule has 0 aromatic heterocycles. The van der Waals surface area contributed by atoms with Crippen molar-refractivity contribution in [3.63, 3.8) is 0 Å². The highest BCUT2D eigenvalue weighted by molar-refractivity contribution is 7.92. The van der Waals surface area contributed by atoms with Crippen LogP contribution < -0.4 is 0 Å². The fourth-order valence-corrected chi connectivity index (χ4v) is 2.97. The van der Waals surface area contributed by atoms with Gasteiger partial charge in [0.1, 0.15) is 0 Å². The summed E-state index contributed by atoms with van der Waals surface area (Å²) >= 11 is 0. The van der Waals surface area contributed by atoms with Crippen LogP contribution in [0.2, 0.25) is 0 Å². The molecule has 0 aliphatic heterocycles. The second-order valence-corrected chi connectivity index (χ2v) is 6.67. The van der Waals surface area contributed by atoms with Crippen molar-refractivity contribution in [2.45, 2.75) is 44.6 Å². The van der Waals surface area contributed by atoms with Crippen LogP contribution in [-0.4, -0.2) is 30.0 Å². The van der Waals surface area contributed by atoms with E-state index in [1.807, 2.05) is 13.8 Å². The molecule has 5 heteroatoms. The van der Waals surface area contributed by atoms with Crippen molar-refractivity contribution in [2.24, 2.45) is 5.92 Å². The van der Waals surface area contributed by atoms with Gasteiger partial charge in [-0.05, 0) is 19.8 Å². The van der Waals surface area contributed by atoms with Crippen LogP contribution in [0.15, 0.2) is 0 Å². The van der Waals surface area contributed by atoms with Crippen LogP contribution in [0.3, 0.4) is 0 Å². The van der Waals surface area contributed by atoms with Crippen molar-refractivity contribution in [2.75, 3.05) is 0 Å². The number of rotatable bonds is 5. The molecule has 2 unspecified atom stereocenters. The van der Waals surface area contributed by atoms with Crippen molar-refractivity contribution >= 4 is 15.8 Å². The third kappa shape index (κ3) is 3.29. The van der Waals surface area contributed by atoms with Crippen LogP contribution in [-0.2, 0) is 14.6 Å². The number of carboxylic acid groups (broad SMARTS) is 1. The predicted molar refractivity (Wildman–Crippen MR) is 54.9 cm³/mol. The van der Waals surface area contributed by atoms with E-state index in [1.165, 1.54) is 6.92 Å².